The monoisotopic (exact) mass is 743 g/mol. The van der Waals surface area contributed by atoms with Crippen molar-refractivity contribution in [3.8, 4) is 22.5 Å². The first-order valence-electron chi connectivity index (χ1n) is 19.4. The van der Waals surface area contributed by atoms with Gasteiger partial charge in [0.2, 0.25) is 0 Å². The van der Waals surface area contributed by atoms with Crippen LogP contribution in [0.5, 0.6) is 0 Å². The van der Waals surface area contributed by atoms with Gasteiger partial charge in [0, 0.05) is 37.7 Å². The summed E-state index contributed by atoms with van der Waals surface area (Å²) in [5.41, 5.74) is 6.90. The summed E-state index contributed by atoms with van der Waals surface area (Å²) in [6.07, 6.45) is 5.37. The van der Waals surface area contributed by atoms with E-state index in [2.05, 4.69) is 143 Å². The maximum absolute atomic E-state index is 12.2. The number of nitrogens with one attached hydrogen (secondary N) is 1. The third-order valence-corrected chi connectivity index (χ3v) is 9.86. The first-order valence-corrected chi connectivity index (χ1v) is 19.4. The van der Waals surface area contributed by atoms with Gasteiger partial charge < -0.3 is 14.6 Å². The number of imidazole rings is 1. The molecule has 2 heterocycles. The number of nitrogens with zero attached hydrogens (tertiary/aromatic N) is 6. The van der Waals surface area contributed by atoms with Gasteiger partial charge in [0.1, 0.15) is 17.0 Å². The molecule has 0 radical (unpaired) electrons. The number of unbranched alkanes of at least 4 members (excludes halogenated alkanes) is 1. The minimum absolute atomic E-state index is 0.413. The predicted octanol–water partition coefficient (Wildman–Crippen LogP) is 9.50. The molecule has 5 aromatic carbocycles. The van der Waals surface area contributed by atoms with Crippen LogP contribution in [0.2, 0.25) is 0 Å². The van der Waals surface area contributed by atoms with Crippen LogP contribution in [0.25, 0.3) is 22.5 Å². The summed E-state index contributed by atoms with van der Waals surface area (Å²) in [5, 5.41) is 16.7. The number of ether oxygens (including phenoxy) is 1. The van der Waals surface area contributed by atoms with Crippen molar-refractivity contribution in [3.63, 3.8) is 0 Å². The summed E-state index contributed by atoms with van der Waals surface area (Å²) in [5.74, 6) is 1.72. The second-order valence-corrected chi connectivity index (χ2v) is 15.0. The Bertz CT molecular complexity index is 2230. The van der Waals surface area contributed by atoms with Crippen molar-refractivity contribution in [1.82, 2.24) is 35.1 Å². The van der Waals surface area contributed by atoms with E-state index in [9.17, 15) is 4.79 Å². The number of carbonyl (C=O) groups excluding carboxylic acids is 1. The highest BCUT2D eigenvalue weighted by Crippen LogP contribution is 2.43. The van der Waals surface area contributed by atoms with E-state index in [1.807, 2.05) is 49.7 Å². The molecule has 2 aromatic heterocycles. The standard InChI is InChI=1S/C47H49N7O2/c1-5-6-26-43-49-40(31-32-48-45(55)56-46(2,3)4)34-53(43)33-35-27-29-36(30-28-35)41-24-16-17-25-42(41)44-50-51-52-54(44)47(37-18-10-7-11-19-37,38-20-12-8-13-21-38)39-22-14-9-15-23-39/h7-25,27-30,34H,5-6,26,31-33H2,1-4H3,(H,48,55). The van der Waals surface area contributed by atoms with Gasteiger partial charge >= 0.3 is 6.09 Å². The van der Waals surface area contributed by atoms with E-state index in [0.717, 1.165) is 64.2 Å². The zero-order valence-corrected chi connectivity index (χ0v) is 32.6. The second-order valence-electron chi connectivity index (χ2n) is 15.0. The van der Waals surface area contributed by atoms with Gasteiger partial charge in [-0.2, -0.15) is 0 Å². The molecule has 0 atom stereocenters. The summed E-state index contributed by atoms with van der Waals surface area (Å²) in [6, 6.07) is 48.4. The average molecular weight is 744 g/mol. The first kappa shape index (κ1) is 37.9. The van der Waals surface area contributed by atoms with Crippen molar-refractivity contribution < 1.29 is 9.53 Å². The van der Waals surface area contributed by atoms with Gasteiger partial charge in [-0.25, -0.2) is 14.5 Å². The number of tetrazole rings is 1. The Hall–Kier alpha value is -6.35. The van der Waals surface area contributed by atoms with Gasteiger partial charge in [-0.3, -0.25) is 0 Å². The molecule has 1 N–H and O–H groups in total. The molecule has 0 aliphatic heterocycles. The molecule has 284 valence electrons. The summed E-state index contributed by atoms with van der Waals surface area (Å²) >= 11 is 0. The van der Waals surface area contributed by atoms with E-state index < -0.39 is 17.2 Å². The maximum atomic E-state index is 12.2. The Labute approximate surface area is 329 Å². The van der Waals surface area contributed by atoms with Gasteiger partial charge in [-0.15, -0.1) is 5.10 Å². The average Bonchev–Trinajstić information content (AvgIpc) is 3.86. The van der Waals surface area contributed by atoms with Crippen LogP contribution in [-0.2, 0) is 29.7 Å². The van der Waals surface area contributed by atoms with Crippen LogP contribution in [0.15, 0.2) is 146 Å². The molecule has 0 bridgehead atoms. The topological polar surface area (TPSA) is 99.8 Å². The normalized spacial score (nSPS) is 11.7. The van der Waals surface area contributed by atoms with Crippen molar-refractivity contribution in [1.29, 1.82) is 0 Å². The number of aromatic nitrogens is 6. The minimum Gasteiger partial charge on any atom is -0.444 e. The van der Waals surface area contributed by atoms with Crippen LogP contribution in [0.3, 0.4) is 0 Å². The molecular weight excluding hydrogens is 695 g/mol. The van der Waals surface area contributed by atoms with Gasteiger partial charge in [-0.05, 0) is 71.0 Å². The molecule has 7 rings (SSSR count). The lowest BCUT2D eigenvalue weighted by Gasteiger charge is -2.36. The molecule has 9 nitrogen and oxygen atoms in total. The second kappa shape index (κ2) is 17.0. The van der Waals surface area contributed by atoms with E-state index in [4.69, 9.17) is 20.0 Å². The number of rotatable bonds is 14. The highest BCUT2D eigenvalue weighted by molar-refractivity contribution is 5.81. The Kier molecular flexibility index (Phi) is 11.5. The fraction of sp³-hybridized carbons (Fsp3) is 0.255. The van der Waals surface area contributed by atoms with Crippen LogP contribution in [0.4, 0.5) is 4.79 Å². The molecule has 0 unspecified atom stereocenters. The summed E-state index contributed by atoms with van der Waals surface area (Å²) in [7, 11) is 0. The molecular formula is C47H49N7O2. The van der Waals surface area contributed by atoms with Crippen LogP contribution in [0.1, 0.15) is 74.3 Å². The lowest BCUT2D eigenvalue weighted by Crippen LogP contribution is -2.39. The Morgan fingerprint density at radius 3 is 1.86 bits per heavy atom. The zero-order chi connectivity index (χ0) is 39.0. The fourth-order valence-electron chi connectivity index (χ4n) is 7.31. The molecule has 0 saturated heterocycles. The number of hydrogen-bond donors (Lipinski definition) is 1. The van der Waals surface area contributed by atoms with E-state index in [0.29, 0.717) is 25.3 Å². The molecule has 9 heteroatoms. The fourth-order valence-corrected chi connectivity index (χ4v) is 7.31. The highest BCUT2D eigenvalue weighted by Gasteiger charge is 2.42. The van der Waals surface area contributed by atoms with Gasteiger partial charge in [0.05, 0.1) is 5.69 Å². The van der Waals surface area contributed by atoms with Crippen LogP contribution in [-0.4, -0.2) is 48.0 Å². The molecule has 0 aliphatic rings. The van der Waals surface area contributed by atoms with Crippen molar-refractivity contribution in [2.24, 2.45) is 0 Å². The van der Waals surface area contributed by atoms with Crippen molar-refractivity contribution in [3.05, 3.63) is 179 Å². The maximum Gasteiger partial charge on any atom is 0.407 e. The van der Waals surface area contributed by atoms with E-state index in [-0.39, 0.29) is 0 Å². The predicted molar refractivity (Wildman–Crippen MR) is 221 cm³/mol. The number of hydrogen-bond acceptors (Lipinski definition) is 6. The van der Waals surface area contributed by atoms with Gasteiger partial charge in [0.25, 0.3) is 0 Å². The lowest BCUT2D eigenvalue weighted by atomic mass is 9.77. The Morgan fingerprint density at radius 1 is 0.714 bits per heavy atom. The number of aryl methyl sites for hydroxylation is 1. The summed E-state index contributed by atoms with van der Waals surface area (Å²) in [4.78, 5) is 17.2. The third-order valence-electron chi connectivity index (χ3n) is 9.86. The zero-order valence-electron chi connectivity index (χ0n) is 32.6. The summed E-state index contributed by atoms with van der Waals surface area (Å²) in [6.45, 7) is 8.93. The first-order chi connectivity index (χ1) is 27.3. The van der Waals surface area contributed by atoms with Crippen molar-refractivity contribution >= 4 is 6.09 Å². The number of benzene rings is 5. The Morgan fingerprint density at radius 2 is 1.29 bits per heavy atom. The number of carbonyl (C=O) groups is 1. The van der Waals surface area contributed by atoms with Crippen molar-refractivity contribution in [2.45, 2.75) is 71.1 Å². The van der Waals surface area contributed by atoms with Gasteiger partial charge in [-0.1, -0.05) is 153 Å². The van der Waals surface area contributed by atoms with Crippen LogP contribution >= 0.6 is 0 Å². The largest absolute Gasteiger partial charge is 0.444 e. The van der Waals surface area contributed by atoms with Crippen LogP contribution < -0.4 is 5.32 Å². The third kappa shape index (κ3) is 8.32. The number of amides is 1. The lowest BCUT2D eigenvalue weighted by molar-refractivity contribution is 0.0528. The summed E-state index contributed by atoms with van der Waals surface area (Å²) < 4.78 is 9.62. The van der Waals surface area contributed by atoms with E-state index >= 15 is 0 Å². The molecule has 0 saturated carbocycles. The van der Waals surface area contributed by atoms with Crippen molar-refractivity contribution in [2.75, 3.05) is 6.54 Å². The van der Waals surface area contributed by atoms with E-state index in [1.54, 1.807) is 0 Å². The number of alkyl carbamates (subject to hydrolysis) is 1. The minimum atomic E-state index is -0.857. The van der Waals surface area contributed by atoms with Crippen LogP contribution in [0, 0.1) is 0 Å². The molecule has 56 heavy (non-hydrogen) atoms. The smallest absolute Gasteiger partial charge is 0.407 e. The quantitative estimate of drug-likeness (QED) is 0.112. The Balaban J connectivity index is 1.21. The van der Waals surface area contributed by atoms with Gasteiger partial charge in [0.15, 0.2) is 5.82 Å². The molecule has 0 aliphatic carbocycles. The SMILES string of the molecule is CCCCc1nc(CCNC(=O)OC(C)(C)C)cn1Cc1ccc(-c2ccccc2-c2nnnn2C(c2ccccc2)(c2ccccc2)c2ccccc2)cc1. The highest BCUT2D eigenvalue weighted by atomic mass is 16.6. The molecule has 7 aromatic rings. The molecule has 1 amide bonds. The molecule has 0 spiro atoms. The van der Waals surface area contributed by atoms with E-state index in [1.165, 1.54) is 5.56 Å². The molecule has 0 fully saturated rings.